The Labute approximate surface area is 130 Å². The number of nitrogen functional groups attached to an aromatic ring is 1. The zero-order chi connectivity index (χ0) is 14.7. The predicted molar refractivity (Wildman–Crippen MR) is 89.8 cm³/mol. The molecule has 0 saturated carbocycles. The average Bonchev–Trinajstić information content (AvgIpc) is 2.97. The number of benzene rings is 1. The molecule has 2 N–H and O–H groups in total. The zero-order valence-corrected chi connectivity index (χ0v) is 13.3. The summed E-state index contributed by atoms with van der Waals surface area (Å²) in [7, 11) is 0. The molecule has 0 bridgehead atoms. The number of nitrogens with two attached hydrogens (primary N) is 1. The molecular formula is C16H22N4S. The summed E-state index contributed by atoms with van der Waals surface area (Å²) >= 11 is 1.83. The minimum Gasteiger partial charge on any atom is -0.399 e. The molecule has 0 amide bonds. The zero-order valence-electron chi connectivity index (χ0n) is 12.5. The van der Waals surface area contributed by atoms with Gasteiger partial charge in [-0.1, -0.05) is 19.1 Å². The molecule has 1 aliphatic heterocycles. The molecule has 112 valence electrons. The normalized spacial score (nSPS) is 16.3. The van der Waals surface area contributed by atoms with E-state index in [0.29, 0.717) is 0 Å². The van der Waals surface area contributed by atoms with Gasteiger partial charge in [0.25, 0.3) is 0 Å². The molecule has 2 aromatic rings. The van der Waals surface area contributed by atoms with Crippen LogP contribution in [-0.2, 0) is 13.0 Å². The number of hydrogen-bond acceptors (Lipinski definition) is 5. The first-order valence-electron chi connectivity index (χ1n) is 7.51. The number of hydrogen-bond donors (Lipinski definition) is 1. The smallest absolute Gasteiger partial charge is 0.185 e. The third kappa shape index (κ3) is 3.54. The summed E-state index contributed by atoms with van der Waals surface area (Å²) in [5, 5.41) is 1.18. The highest BCUT2D eigenvalue weighted by atomic mass is 32.1. The SMILES string of the molecule is CCc1cnc(N2CCN(Cc3cccc(N)c3)CC2)s1. The van der Waals surface area contributed by atoms with Crippen LogP contribution in [0.2, 0.25) is 0 Å². The van der Waals surface area contributed by atoms with E-state index in [0.717, 1.165) is 44.8 Å². The Morgan fingerprint density at radius 1 is 1.24 bits per heavy atom. The van der Waals surface area contributed by atoms with E-state index in [1.54, 1.807) is 0 Å². The lowest BCUT2D eigenvalue weighted by Gasteiger charge is -2.34. The molecule has 1 saturated heterocycles. The van der Waals surface area contributed by atoms with E-state index in [2.05, 4.69) is 33.8 Å². The summed E-state index contributed by atoms with van der Waals surface area (Å²) < 4.78 is 0. The van der Waals surface area contributed by atoms with E-state index in [1.807, 2.05) is 29.7 Å². The number of aromatic nitrogens is 1. The minimum absolute atomic E-state index is 0.848. The largest absolute Gasteiger partial charge is 0.399 e. The standard InChI is InChI=1S/C16H22N4S/c1-2-15-11-18-16(21-15)20-8-6-19(7-9-20)12-13-4-3-5-14(17)10-13/h3-5,10-11H,2,6-9,12,17H2,1H3. The van der Waals surface area contributed by atoms with Crippen LogP contribution in [0.25, 0.3) is 0 Å². The predicted octanol–water partition coefficient (Wildman–Crippen LogP) is 2.61. The summed E-state index contributed by atoms with van der Waals surface area (Å²) in [4.78, 5) is 10.8. The van der Waals surface area contributed by atoms with Crippen LogP contribution >= 0.6 is 11.3 Å². The Morgan fingerprint density at radius 2 is 2.05 bits per heavy atom. The van der Waals surface area contributed by atoms with Crippen molar-refractivity contribution in [3.05, 3.63) is 40.9 Å². The molecule has 2 heterocycles. The van der Waals surface area contributed by atoms with Gasteiger partial charge in [-0.15, -0.1) is 11.3 Å². The fraction of sp³-hybridized carbons (Fsp3) is 0.438. The number of anilines is 2. The van der Waals surface area contributed by atoms with E-state index < -0.39 is 0 Å². The number of thiazole rings is 1. The van der Waals surface area contributed by atoms with Crippen molar-refractivity contribution in [2.75, 3.05) is 36.8 Å². The maximum atomic E-state index is 5.84. The molecule has 1 aliphatic rings. The van der Waals surface area contributed by atoms with Gasteiger partial charge in [-0.3, -0.25) is 4.90 Å². The van der Waals surface area contributed by atoms with Crippen LogP contribution in [-0.4, -0.2) is 36.1 Å². The summed E-state index contributed by atoms with van der Waals surface area (Å²) in [5.74, 6) is 0. The van der Waals surface area contributed by atoms with Gasteiger partial charge in [0, 0.05) is 49.5 Å². The van der Waals surface area contributed by atoms with Crippen LogP contribution in [0.3, 0.4) is 0 Å². The van der Waals surface area contributed by atoms with Crippen molar-refractivity contribution in [1.82, 2.24) is 9.88 Å². The van der Waals surface area contributed by atoms with Gasteiger partial charge in [-0.2, -0.15) is 0 Å². The van der Waals surface area contributed by atoms with Gasteiger partial charge < -0.3 is 10.6 Å². The molecule has 5 heteroatoms. The van der Waals surface area contributed by atoms with Crippen LogP contribution < -0.4 is 10.6 Å². The maximum Gasteiger partial charge on any atom is 0.185 e. The maximum absolute atomic E-state index is 5.84. The number of aryl methyl sites for hydroxylation is 1. The molecule has 1 aromatic carbocycles. The topological polar surface area (TPSA) is 45.4 Å². The van der Waals surface area contributed by atoms with Gasteiger partial charge in [0.05, 0.1) is 0 Å². The van der Waals surface area contributed by atoms with Gasteiger partial charge in [-0.05, 0) is 24.1 Å². The van der Waals surface area contributed by atoms with E-state index in [9.17, 15) is 0 Å². The van der Waals surface area contributed by atoms with Gasteiger partial charge in [0.15, 0.2) is 5.13 Å². The highest BCUT2D eigenvalue weighted by molar-refractivity contribution is 7.15. The second-order valence-corrected chi connectivity index (χ2v) is 6.56. The molecule has 3 rings (SSSR count). The van der Waals surface area contributed by atoms with E-state index in [1.165, 1.54) is 15.6 Å². The fourth-order valence-corrected chi connectivity index (χ4v) is 3.56. The lowest BCUT2D eigenvalue weighted by Crippen LogP contribution is -2.45. The van der Waals surface area contributed by atoms with Crippen molar-refractivity contribution in [1.29, 1.82) is 0 Å². The van der Waals surface area contributed by atoms with E-state index in [-0.39, 0.29) is 0 Å². The molecule has 0 unspecified atom stereocenters. The molecule has 0 radical (unpaired) electrons. The third-order valence-corrected chi connectivity index (χ3v) is 5.09. The average molecular weight is 302 g/mol. The Morgan fingerprint density at radius 3 is 2.71 bits per heavy atom. The summed E-state index contributed by atoms with van der Waals surface area (Å²) in [5.41, 5.74) is 7.99. The summed E-state index contributed by atoms with van der Waals surface area (Å²) in [6.07, 6.45) is 3.09. The second-order valence-electron chi connectivity index (χ2n) is 5.47. The molecule has 21 heavy (non-hydrogen) atoms. The molecule has 4 nitrogen and oxygen atoms in total. The molecule has 0 atom stereocenters. The Hall–Kier alpha value is -1.59. The van der Waals surface area contributed by atoms with E-state index in [4.69, 9.17) is 5.73 Å². The minimum atomic E-state index is 0.848. The molecule has 1 aromatic heterocycles. The molecule has 0 aliphatic carbocycles. The first-order chi connectivity index (χ1) is 10.2. The van der Waals surface area contributed by atoms with Crippen LogP contribution in [0.15, 0.2) is 30.5 Å². The first kappa shape index (κ1) is 14.4. The lowest BCUT2D eigenvalue weighted by atomic mass is 10.2. The monoisotopic (exact) mass is 302 g/mol. The molecular weight excluding hydrogens is 280 g/mol. The molecule has 0 spiro atoms. The van der Waals surface area contributed by atoms with Crippen LogP contribution in [0, 0.1) is 0 Å². The van der Waals surface area contributed by atoms with Crippen LogP contribution in [0.4, 0.5) is 10.8 Å². The van der Waals surface area contributed by atoms with Gasteiger partial charge in [-0.25, -0.2) is 4.98 Å². The molecule has 1 fully saturated rings. The highest BCUT2D eigenvalue weighted by Gasteiger charge is 2.19. The van der Waals surface area contributed by atoms with Gasteiger partial charge in [0.2, 0.25) is 0 Å². The summed E-state index contributed by atoms with van der Waals surface area (Å²) in [6.45, 7) is 7.43. The lowest BCUT2D eigenvalue weighted by molar-refractivity contribution is 0.250. The number of piperazine rings is 1. The van der Waals surface area contributed by atoms with Gasteiger partial charge in [0.1, 0.15) is 0 Å². The van der Waals surface area contributed by atoms with Crippen molar-refractivity contribution < 1.29 is 0 Å². The fourth-order valence-electron chi connectivity index (χ4n) is 2.65. The third-order valence-electron chi connectivity index (χ3n) is 3.89. The Balaban J connectivity index is 1.55. The number of nitrogens with zero attached hydrogens (tertiary/aromatic N) is 3. The second kappa shape index (κ2) is 6.45. The Kier molecular flexibility index (Phi) is 4.41. The van der Waals surface area contributed by atoms with E-state index >= 15 is 0 Å². The Bertz CT molecular complexity index is 587. The number of rotatable bonds is 4. The van der Waals surface area contributed by atoms with Crippen molar-refractivity contribution >= 4 is 22.2 Å². The van der Waals surface area contributed by atoms with Crippen molar-refractivity contribution in [3.8, 4) is 0 Å². The quantitative estimate of drug-likeness (QED) is 0.882. The van der Waals surface area contributed by atoms with Crippen LogP contribution in [0.5, 0.6) is 0 Å². The highest BCUT2D eigenvalue weighted by Crippen LogP contribution is 2.24. The summed E-state index contributed by atoms with van der Waals surface area (Å²) in [6, 6.07) is 8.19. The van der Waals surface area contributed by atoms with Crippen molar-refractivity contribution in [2.24, 2.45) is 0 Å². The van der Waals surface area contributed by atoms with Crippen molar-refractivity contribution in [2.45, 2.75) is 19.9 Å². The van der Waals surface area contributed by atoms with Crippen molar-refractivity contribution in [3.63, 3.8) is 0 Å². The first-order valence-corrected chi connectivity index (χ1v) is 8.32. The van der Waals surface area contributed by atoms with Gasteiger partial charge >= 0.3 is 0 Å². The van der Waals surface area contributed by atoms with Crippen LogP contribution in [0.1, 0.15) is 17.4 Å².